The van der Waals surface area contributed by atoms with Crippen LogP contribution < -0.4 is 0 Å². The molecule has 3 N–H and O–H groups in total. The standard InChI is InChI=1S/C19H23NO12/c1-9(21)30-15-13(8-29-14(24)6-12(23)19(27)28)32-17(16(15)31-10(2)22)20-5-3-4-11(7-20)18(25)26/h3,5,7,12-13,15-17,23H,4,6,8H2,1-2H3,(H,25,26)(H,27,28)/t12-,13+,15+,16+,17+/m0/s1. The molecule has 13 heteroatoms. The summed E-state index contributed by atoms with van der Waals surface area (Å²) in [6.45, 7) is 1.70. The second-order valence-corrected chi connectivity index (χ2v) is 6.95. The number of hydrogen-bond acceptors (Lipinski definition) is 11. The maximum atomic E-state index is 11.8. The van der Waals surface area contributed by atoms with Gasteiger partial charge >= 0.3 is 29.8 Å². The highest BCUT2D eigenvalue weighted by Crippen LogP contribution is 2.32. The lowest BCUT2D eigenvalue weighted by molar-refractivity contribution is -0.167. The largest absolute Gasteiger partial charge is 0.479 e. The summed E-state index contributed by atoms with van der Waals surface area (Å²) in [7, 11) is 0. The number of carbonyl (C=O) groups excluding carboxylic acids is 3. The van der Waals surface area contributed by atoms with Gasteiger partial charge in [0.1, 0.15) is 12.7 Å². The van der Waals surface area contributed by atoms with Gasteiger partial charge in [0.2, 0.25) is 0 Å². The highest BCUT2D eigenvalue weighted by molar-refractivity contribution is 5.87. The van der Waals surface area contributed by atoms with Crippen LogP contribution in [-0.4, -0.2) is 87.3 Å². The van der Waals surface area contributed by atoms with Crippen molar-refractivity contribution in [2.24, 2.45) is 0 Å². The van der Waals surface area contributed by atoms with E-state index in [0.29, 0.717) is 0 Å². The van der Waals surface area contributed by atoms with Gasteiger partial charge in [-0.15, -0.1) is 0 Å². The molecule has 0 saturated carbocycles. The highest BCUT2D eigenvalue weighted by Gasteiger charge is 2.51. The van der Waals surface area contributed by atoms with Crippen LogP contribution in [0.25, 0.3) is 0 Å². The Hall–Kier alpha value is -3.45. The van der Waals surface area contributed by atoms with Gasteiger partial charge in [-0.25, -0.2) is 9.59 Å². The van der Waals surface area contributed by atoms with Crippen molar-refractivity contribution in [2.75, 3.05) is 6.61 Å². The van der Waals surface area contributed by atoms with Crippen LogP contribution in [0, 0.1) is 0 Å². The van der Waals surface area contributed by atoms with Crippen LogP contribution in [-0.2, 0) is 42.9 Å². The SMILES string of the molecule is CC(=O)O[C@@H]1[C@H](OC(C)=O)[C@@H](COC(=O)C[C@H](O)C(=O)O)O[C@H]1N1C=CCC(C(=O)O)=C1. The zero-order chi connectivity index (χ0) is 24.0. The molecule has 0 aliphatic carbocycles. The number of aliphatic hydroxyl groups is 1. The summed E-state index contributed by atoms with van der Waals surface area (Å²) < 4.78 is 21.2. The Morgan fingerprint density at radius 2 is 1.75 bits per heavy atom. The number of aliphatic carboxylic acids is 2. The molecule has 1 fully saturated rings. The summed E-state index contributed by atoms with van der Waals surface area (Å²) in [5.74, 6) is -5.30. The van der Waals surface area contributed by atoms with E-state index in [0.717, 1.165) is 13.8 Å². The lowest BCUT2D eigenvalue weighted by atomic mass is 10.1. The summed E-state index contributed by atoms with van der Waals surface area (Å²) >= 11 is 0. The van der Waals surface area contributed by atoms with Crippen LogP contribution in [0.3, 0.4) is 0 Å². The van der Waals surface area contributed by atoms with Gasteiger partial charge in [-0.3, -0.25) is 14.4 Å². The van der Waals surface area contributed by atoms with E-state index >= 15 is 0 Å². The van der Waals surface area contributed by atoms with Crippen molar-refractivity contribution in [1.82, 2.24) is 4.90 Å². The van der Waals surface area contributed by atoms with Crippen LogP contribution in [0.5, 0.6) is 0 Å². The number of rotatable bonds is 9. The smallest absolute Gasteiger partial charge is 0.333 e. The minimum Gasteiger partial charge on any atom is -0.479 e. The molecular formula is C19H23NO12. The molecule has 0 spiro atoms. The van der Waals surface area contributed by atoms with E-state index in [9.17, 15) is 34.2 Å². The third kappa shape index (κ3) is 6.52. The van der Waals surface area contributed by atoms with Crippen LogP contribution in [0.15, 0.2) is 24.0 Å². The van der Waals surface area contributed by atoms with E-state index < -0.39 is 73.5 Å². The minimum absolute atomic E-state index is 0.0271. The lowest BCUT2D eigenvalue weighted by Gasteiger charge is -2.30. The molecule has 176 valence electrons. The van der Waals surface area contributed by atoms with Gasteiger partial charge in [-0.2, -0.15) is 0 Å². The molecular weight excluding hydrogens is 434 g/mol. The monoisotopic (exact) mass is 457 g/mol. The van der Waals surface area contributed by atoms with Crippen LogP contribution >= 0.6 is 0 Å². The van der Waals surface area contributed by atoms with E-state index in [1.54, 1.807) is 6.08 Å². The first-order chi connectivity index (χ1) is 15.0. The molecule has 0 aromatic carbocycles. The van der Waals surface area contributed by atoms with Crippen molar-refractivity contribution in [3.8, 4) is 0 Å². The summed E-state index contributed by atoms with van der Waals surface area (Å²) in [6.07, 6.45) is -3.03. The fourth-order valence-corrected chi connectivity index (χ4v) is 3.09. The van der Waals surface area contributed by atoms with E-state index in [1.807, 2.05) is 0 Å². The van der Waals surface area contributed by atoms with Crippen molar-refractivity contribution in [2.45, 2.75) is 57.3 Å². The lowest BCUT2D eigenvalue weighted by Crippen LogP contribution is -2.44. The maximum Gasteiger partial charge on any atom is 0.333 e. The predicted octanol–water partition coefficient (Wildman–Crippen LogP) is -0.859. The molecule has 2 aliphatic heterocycles. The number of aliphatic hydroxyl groups excluding tert-OH is 1. The Balaban J connectivity index is 2.23. The van der Waals surface area contributed by atoms with E-state index in [-0.39, 0.29) is 12.0 Å². The summed E-state index contributed by atoms with van der Waals surface area (Å²) in [5.41, 5.74) is 0.0271. The molecule has 0 amide bonds. The first kappa shape index (κ1) is 24.8. The van der Waals surface area contributed by atoms with E-state index in [1.165, 1.54) is 17.3 Å². The molecule has 5 atom stereocenters. The summed E-state index contributed by atoms with van der Waals surface area (Å²) in [4.78, 5) is 58.4. The summed E-state index contributed by atoms with van der Waals surface area (Å²) in [5, 5.41) is 27.2. The highest BCUT2D eigenvalue weighted by atomic mass is 16.7. The number of hydrogen-bond donors (Lipinski definition) is 3. The predicted molar refractivity (Wildman–Crippen MR) is 100 cm³/mol. The number of carboxylic acids is 2. The quantitative estimate of drug-likeness (QED) is 0.287. The second kappa shape index (κ2) is 10.7. The van der Waals surface area contributed by atoms with Crippen LogP contribution in [0.2, 0.25) is 0 Å². The number of allylic oxidation sites excluding steroid dienone is 1. The molecule has 32 heavy (non-hydrogen) atoms. The van der Waals surface area contributed by atoms with Crippen molar-refractivity contribution >= 4 is 29.8 Å². The Bertz CT molecular complexity index is 834. The molecule has 0 unspecified atom stereocenters. The van der Waals surface area contributed by atoms with E-state index in [4.69, 9.17) is 24.1 Å². The molecule has 2 rings (SSSR count). The Morgan fingerprint density at radius 3 is 2.31 bits per heavy atom. The number of esters is 3. The van der Waals surface area contributed by atoms with Gasteiger partial charge in [0.05, 0.1) is 12.0 Å². The second-order valence-electron chi connectivity index (χ2n) is 6.95. The molecule has 13 nitrogen and oxygen atoms in total. The zero-order valence-electron chi connectivity index (χ0n) is 17.2. The van der Waals surface area contributed by atoms with Crippen molar-refractivity contribution < 1.29 is 58.2 Å². The van der Waals surface area contributed by atoms with Gasteiger partial charge in [0, 0.05) is 32.7 Å². The molecule has 0 aromatic rings. The number of carboxylic acid groups (broad SMARTS) is 2. The number of ether oxygens (including phenoxy) is 4. The van der Waals surface area contributed by atoms with Gasteiger partial charge in [0.15, 0.2) is 24.5 Å². The third-order valence-corrected chi connectivity index (χ3v) is 4.43. The van der Waals surface area contributed by atoms with Gasteiger partial charge in [0.25, 0.3) is 0 Å². The summed E-state index contributed by atoms with van der Waals surface area (Å²) in [6, 6.07) is 0. The zero-order valence-corrected chi connectivity index (χ0v) is 17.2. The van der Waals surface area contributed by atoms with Gasteiger partial charge in [-0.1, -0.05) is 6.08 Å². The Kier molecular flexibility index (Phi) is 8.32. The minimum atomic E-state index is -1.96. The molecule has 2 heterocycles. The average Bonchev–Trinajstić information content (AvgIpc) is 3.02. The topological polar surface area (TPSA) is 186 Å². The fourth-order valence-electron chi connectivity index (χ4n) is 3.09. The Labute approximate surface area is 181 Å². The molecule has 0 aromatic heterocycles. The van der Waals surface area contributed by atoms with Gasteiger partial charge < -0.3 is 39.2 Å². The molecule has 0 bridgehead atoms. The molecule has 2 aliphatic rings. The fraction of sp³-hybridized carbons (Fsp3) is 0.526. The third-order valence-electron chi connectivity index (χ3n) is 4.43. The average molecular weight is 457 g/mol. The van der Waals surface area contributed by atoms with Crippen molar-refractivity contribution in [1.29, 1.82) is 0 Å². The Morgan fingerprint density at radius 1 is 1.12 bits per heavy atom. The van der Waals surface area contributed by atoms with Crippen molar-refractivity contribution in [3.63, 3.8) is 0 Å². The molecule has 1 saturated heterocycles. The normalized spacial score (nSPS) is 25.5. The van der Waals surface area contributed by atoms with Gasteiger partial charge in [-0.05, 0) is 0 Å². The van der Waals surface area contributed by atoms with Crippen LogP contribution in [0.1, 0.15) is 26.7 Å². The van der Waals surface area contributed by atoms with Crippen molar-refractivity contribution in [3.05, 3.63) is 24.0 Å². The number of carbonyl (C=O) groups is 5. The van der Waals surface area contributed by atoms with E-state index in [2.05, 4.69) is 0 Å². The first-order valence-electron chi connectivity index (χ1n) is 9.44. The first-order valence-corrected chi connectivity index (χ1v) is 9.44. The maximum absolute atomic E-state index is 11.8. The number of nitrogens with zero attached hydrogens (tertiary/aromatic N) is 1. The van der Waals surface area contributed by atoms with Crippen LogP contribution in [0.4, 0.5) is 0 Å². The molecule has 0 radical (unpaired) electrons.